The van der Waals surface area contributed by atoms with Crippen molar-refractivity contribution < 1.29 is 22.6 Å². The standard InChI is InChI=1S/C14H14F3NO2/c15-14(16,17)20-13-3-1-9(2-4-13)10-5-11-7-19-8-12(6-10)18-11/h1-5,11-12,18H,6-8H2. The first-order valence-corrected chi connectivity index (χ1v) is 6.40. The number of rotatable bonds is 2. The molecule has 0 aromatic heterocycles. The normalized spacial score (nSPS) is 26.1. The molecule has 0 spiro atoms. The Hall–Kier alpha value is -1.53. The first-order valence-electron chi connectivity index (χ1n) is 6.40. The van der Waals surface area contributed by atoms with Gasteiger partial charge in [-0.2, -0.15) is 0 Å². The lowest BCUT2D eigenvalue weighted by Crippen LogP contribution is -2.50. The van der Waals surface area contributed by atoms with Gasteiger partial charge in [0.25, 0.3) is 0 Å². The second kappa shape index (κ2) is 5.10. The van der Waals surface area contributed by atoms with Crippen molar-refractivity contribution in [1.82, 2.24) is 5.32 Å². The molecule has 2 bridgehead atoms. The minimum atomic E-state index is -4.65. The maximum atomic E-state index is 12.1. The van der Waals surface area contributed by atoms with E-state index in [2.05, 4.69) is 16.1 Å². The van der Waals surface area contributed by atoms with E-state index in [0.29, 0.717) is 13.2 Å². The van der Waals surface area contributed by atoms with E-state index in [9.17, 15) is 13.2 Å². The highest BCUT2D eigenvalue weighted by Crippen LogP contribution is 2.29. The molecule has 1 fully saturated rings. The summed E-state index contributed by atoms with van der Waals surface area (Å²) in [6, 6.07) is 6.47. The van der Waals surface area contributed by atoms with E-state index in [0.717, 1.165) is 17.6 Å². The molecule has 108 valence electrons. The van der Waals surface area contributed by atoms with Crippen LogP contribution < -0.4 is 10.1 Å². The second-order valence-corrected chi connectivity index (χ2v) is 4.98. The van der Waals surface area contributed by atoms with Crippen LogP contribution in [0.2, 0.25) is 0 Å². The van der Waals surface area contributed by atoms with Gasteiger partial charge in [-0.3, -0.25) is 0 Å². The minimum Gasteiger partial charge on any atom is -0.406 e. The molecule has 20 heavy (non-hydrogen) atoms. The number of halogens is 3. The summed E-state index contributed by atoms with van der Waals surface area (Å²) in [5.74, 6) is -0.195. The van der Waals surface area contributed by atoms with Crippen molar-refractivity contribution >= 4 is 5.57 Å². The molecular weight excluding hydrogens is 271 g/mol. The third-order valence-electron chi connectivity index (χ3n) is 3.39. The van der Waals surface area contributed by atoms with Crippen LogP contribution >= 0.6 is 0 Å². The Balaban J connectivity index is 1.76. The molecule has 1 saturated heterocycles. The zero-order chi connectivity index (χ0) is 14.2. The fourth-order valence-electron chi connectivity index (χ4n) is 2.61. The molecule has 2 aliphatic heterocycles. The Morgan fingerprint density at radius 3 is 2.55 bits per heavy atom. The van der Waals surface area contributed by atoms with Crippen molar-refractivity contribution in [2.24, 2.45) is 0 Å². The van der Waals surface area contributed by atoms with E-state index in [1.165, 1.54) is 12.1 Å². The number of morpholine rings is 1. The lowest BCUT2D eigenvalue weighted by Gasteiger charge is -2.35. The fourth-order valence-corrected chi connectivity index (χ4v) is 2.61. The summed E-state index contributed by atoms with van der Waals surface area (Å²) in [6.45, 7) is 1.30. The van der Waals surface area contributed by atoms with E-state index in [1.807, 2.05) is 0 Å². The minimum absolute atomic E-state index is 0.184. The molecule has 0 saturated carbocycles. The van der Waals surface area contributed by atoms with Gasteiger partial charge in [0.15, 0.2) is 0 Å². The molecule has 1 aromatic carbocycles. The zero-order valence-corrected chi connectivity index (χ0v) is 10.6. The third kappa shape index (κ3) is 3.13. The molecule has 6 heteroatoms. The van der Waals surface area contributed by atoms with Gasteiger partial charge in [0.1, 0.15) is 5.75 Å². The number of ether oxygens (including phenoxy) is 2. The Morgan fingerprint density at radius 1 is 1.15 bits per heavy atom. The SMILES string of the molecule is FC(F)(F)Oc1ccc(C2=CC3COCC(C2)N3)cc1. The van der Waals surface area contributed by atoms with Gasteiger partial charge in [-0.25, -0.2) is 0 Å². The summed E-state index contributed by atoms with van der Waals surface area (Å²) in [5, 5.41) is 3.42. The molecule has 0 aliphatic carbocycles. The predicted octanol–water partition coefficient (Wildman–Crippen LogP) is 2.73. The maximum Gasteiger partial charge on any atom is 0.573 e. The highest BCUT2D eigenvalue weighted by molar-refractivity contribution is 5.68. The van der Waals surface area contributed by atoms with Crippen molar-refractivity contribution in [3.05, 3.63) is 35.9 Å². The molecule has 3 nitrogen and oxygen atoms in total. The van der Waals surface area contributed by atoms with Gasteiger partial charge >= 0.3 is 6.36 Å². The highest BCUT2D eigenvalue weighted by atomic mass is 19.4. The molecule has 2 unspecified atom stereocenters. The van der Waals surface area contributed by atoms with E-state index in [-0.39, 0.29) is 17.8 Å². The summed E-state index contributed by atoms with van der Waals surface area (Å²) in [6.07, 6.45) is -1.75. The summed E-state index contributed by atoms with van der Waals surface area (Å²) < 4.78 is 45.6. The van der Waals surface area contributed by atoms with Crippen LogP contribution in [0.15, 0.2) is 30.3 Å². The number of benzene rings is 1. The number of nitrogens with one attached hydrogen (secondary N) is 1. The zero-order valence-electron chi connectivity index (χ0n) is 10.6. The van der Waals surface area contributed by atoms with E-state index >= 15 is 0 Å². The lowest BCUT2D eigenvalue weighted by molar-refractivity contribution is -0.274. The van der Waals surface area contributed by atoms with Crippen LogP contribution in [-0.4, -0.2) is 31.7 Å². The van der Waals surface area contributed by atoms with Crippen LogP contribution in [0.4, 0.5) is 13.2 Å². The monoisotopic (exact) mass is 285 g/mol. The first-order chi connectivity index (χ1) is 9.49. The summed E-state index contributed by atoms with van der Waals surface area (Å²) >= 11 is 0. The number of alkyl halides is 3. The van der Waals surface area contributed by atoms with Gasteiger partial charge < -0.3 is 14.8 Å². The quantitative estimate of drug-likeness (QED) is 0.906. The van der Waals surface area contributed by atoms with Crippen LogP contribution in [0.1, 0.15) is 12.0 Å². The molecule has 0 amide bonds. The molecule has 1 N–H and O–H groups in total. The number of hydrogen-bond donors (Lipinski definition) is 1. The summed E-state index contributed by atoms with van der Waals surface area (Å²) in [5.41, 5.74) is 2.07. The smallest absolute Gasteiger partial charge is 0.406 e. The Bertz CT molecular complexity index is 510. The fraction of sp³-hybridized carbons (Fsp3) is 0.429. The van der Waals surface area contributed by atoms with E-state index in [1.54, 1.807) is 12.1 Å². The van der Waals surface area contributed by atoms with Gasteiger partial charge in [0.05, 0.1) is 13.2 Å². The Kier molecular flexibility index (Phi) is 3.43. The number of fused-ring (bicyclic) bond motifs is 2. The highest BCUT2D eigenvalue weighted by Gasteiger charge is 2.31. The largest absolute Gasteiger partial charge is 0.573 e. The van der Waals surface area contributed by atoms with Crippen LogP contribution in [0.25, 0.3) is 5.57 Å². The van der Waals surface area contributed by atoms with Crippen molar-refractivity contribution in [2.45, 2.75) is 24.9 Å². The Labute approximate surface area is 114 Å². The van der Waals surface area contributed by atoms with Gasteiger partial charge in [-0.1, -0.05) is 18.2 Å². The topological polar surface area (TPSA) is 30.5 Å². The molecule has 0 radical (unpaired) electrons. The van der Waals surface area contributed by atoms with Gasteiger partial charge in [-0.05, 0) is 29.7 Å². The van der Waals surface area contributed by atoms with Crippen LogP contribution in [0.3, 0.4) is 0 Å². The van der Waals surface area contributed by atoms with E-state index < -0.39 is 6.36 Å². The molecular formula is C14H14F3NO2. The molecule has 2 atom stereocenters. The van der Waals surface area contributed by atoms with Crippen molar-refractivity contribution in [3.63, 3.8) is 0 Å². The molecule has 1 aromatic rings. The van der Waals surface area contributed by atoms with Crippen molar-refractivity contribution in [3.8, 4) is 5.75 Å². The lowest BCUT2D eigenvalue weighted by atomic mass is 9.92. The van der Waals surface area contributed by atoms with Crippen LogP contribution in [0, 0.1) is 0 Å². The van der Waals surface area contributed by atoms with Crippen LogP contribution in [-0.2, 0) is 4.74 Å². The number of hydrogen-bond acceptors (Lipinski definition) is 3. The first kappa shape index (κ1) is 13.5. The second-order valence-electron chi connectivity index (χ2n) is 4.98. The van der Waals surface area contributed by atoms with Crippen molar-refractivity contribution in [1.29, 1.82) is 0 Å². The maximum absolute atomic E-state index is 12.1. The summed E-state index contributed by atoms with van der Waals surface area (Å²) in [4.78, 5) is 0. The van der Waals surface area contributed by atoms with Gasteiger partial charge in [-0.15, -0.1) is 13.2 Å². The summed E-state index contributed by atoms with van der Waals surface area (Å²) in [7, 11) is 0. The van der Waals surface area contributed by atoms with Crippen LogP contribution in [0.5, 0.6) is 5.75 Å². The average molecular weight is 285 g/mol. The van der Waals surface area contributed by atoms with Crippen molar-refractivity contribution in [2.75, 3.05) is 13.2 Å². The average Bonchev–Trinajstić information content (AvgIpc) is 2.37. The molecule has 2 aliphatic rings. The Morgan fingerprint density at radius 2 is 1.90 bits per heavy atom. The van der Waals surface area contributed by atoms with Gasteiger partial charge in [0, 0.05) is 12.1 Å². The van der Waals surface area contributed by atoms with E-state index in [4.69, 9.17) is 4.74 Å². The predicted molar refractivity (Wildman–Crippen MR) is 67.2 cm³/mol. The molecule has 2 heterocycles. The third-order valence-corrected chi connectivity index (χ3v) is 3.39. The molecule has 3 rings (SSSR count). The van der Waals surface area contributed by atoms with Gasteiger partial charge in [0.2, 0.25) is 0 Å².